The summed E-state index contributed by atoms with van der Waals surface area (Å²) in [6.07, 6.45) is 3.81. The largest absolute Gasteiger partial charge is 0.212 e. The van der Waals surface area contributed by atoms with E-state index in [4.69, 9.17) is 0 Å². The Kier molecular flexibility index (Phi) is 6.17. The highest BCUT2D eigenvalue weighted by molar-refractivity contribution is 7.89. The Morgan fingerprint density at radius 3 is 2.35 bits per heavy atom. The highest BCUT2D eigenvalue weighted by Gasteiger charge is 2.19. The van der Waals surface area contributed by atoms with Crippen molar-refractivity contribution >= 4 is 24.2 Å². The summed E-state index contributed by atoms with van der Waals surface area (Å²) >= 11 is 0. The fraction of sp³-hybridized carbons (Fsp3) is 0.467. The molecule has 1 atom stereocenters. The van der Waals surface area contributed by atoms with Crippen molar-refractivity contribution in [2.45, 2.75) is 38.7 Å². The van der Waals surface area contributed by atoms with E-state index < -0.39 is 18.1 Å². The monoisotopic (exact) mass is 311 g/mol. The normalized spacial score (nSPS) is 14.6. The molecule has 5 heteroatoms. The van der Waals surface area contributed by atoms with Crippen LogP contribution < -0.4 is 4.72 Å². The minimum atomic E-state index is -3.18. The second-order valence-electron chi connectivity index (χ2n) is 6.31. The number of hydrogen-bond acceptors (Lipinski definition) is 2. The molecule has 1 unspecified atom stereocenters. The van der Waals surface area contributed by atoms with Crippen LogP contribution in [0.2, 0.25) is 25.7 Å². The maximum Gasteiger partial charge on any atom is 0.211 e. The lowest BCUT2D eigenvalue weighted by molar-refractivity contribution is 0.577. The molecule has 0 aliphatic carbocycles. The molecule has 1 rings (SSSR count). The zero-order valence-electron chi connectivity index (χ0n) is 12.8. The first-order valence-corrected chi connectivity index (χ1v) is 12.3. The van der Waals surface area contributed by atoms with Crippen LogP contribution in [0.15, 0.2) is 36.4 Å². The van der Waals surface area contributed by atoms with Crippen LogP contribution in [0.25, 0.3) is 6.08 Å². The Morgan fingerprint density at radius 2 is 1.80 bits per heavy atom. The molecule has 1 aromatic rings. The SMILES string of the molecule is CC(/C=C/c1ccccc1)NS(=O)(=O)CC[Si](C)(C)C. The van der Waals surface area contributed by atoms with Gasteiger partial charge in [-0.15, -0.1) is 0 Å². The Labute approximate surface area is 124 Å². The topological polar surface area (TPSA) is 46.2 Å². The van der Waals surface area contributed by atoms with Crippen molar-refractivity contribution in [2.75, 3.05) is 5.75 Å². The molecule has 0 spiro atoms. The summed E-state index contributed by atoms with van der Waals surface area (Å²) < 4.78 is 26.7. The molecule has 0 aromatic heterocycles. The van der Waals surface area contributed by atoms with Crippen molar-refractivity contribution in [3.63, 3.8) is 0 Å². The third kappa shape index (κ3) is 7.62. The summed E-state index contributed by atoms with van der Waals surface area (Å²) in [5, 5.41) is 0. The van der Waals surface area contributed by atoms with Gasteiger partial charge in [0.1, 0.15) is 0 Å². The maximum absolute atomic E-state index is 12.0. The molecule has 0 bridgehead atoms. The van der Waals surface area contributed by atoms with E-state index >= 15 is 0 Å². The zero-order chi connectivity index (χ0) is 15.2. The third-order valence-electron chi connectivity index (χ3n) is 2.86. The Morgan fingerprint density at radius 1 is 1.20 bits per heavy atom. The predicted octanol–water partition coefficient (Wildman–Crippen LogP) is 3.35. The lowest BCUT2D eigenvalue weighted by atomic mass is 10.2. The summed E-state index contributed by atoms with van der Waals surface area (Å²) in [5.74, 6) is 0.228. The van der Waals surface area contributed by atoms with Crippen molar-refractivity contribution in [3.05, 3.63) is 42.0 Å². The van der Waals surface area contributed by atoms with E-state index in [0.29, 0.717) is 0 Å². The van der Waals surface area contributed by atoms with Crippen LogP contribution >= 0.6 is 0 Å². The Hall–Kier alpha value is -0.913. The molecule has 0 radical (unpaired) electrons. The zero-order valence-corrected chi connectivity index (χ0v) is 14.6. The molecule has 0 amide bonds. The van der Waals surface area contributed by atoms with E-state index in [0.717, 1.165) is 11.6 Å². The average molecular weight is 312 g/mol. The Balaban J connectivity index is 2.53. The molecule has 1 N–H and O–H groups in total. The summed E-state index contributed by atoms with van der Waals surface area (Å²) in [5.41, 5.74) is 1.07. The molecule has 3 nitrogen and oxygen atoms in total. The first kappa shape index (κ1) is 17.1. The lowest BCUT2D eigenvalue weighted by Crippen LogP contribution is -2.35. The molecular weight excluding hydrogens is 286 g/mol. The molecule has 0 fully saturated rings. The minimum Gasteiger partial charge on any atom is -0.212 e. The molecule has 20 heavy (non-hydrogen) atoms. The van der Waals surface area contributed by atoms with Crippen molar-refractivity contribution < 1.29 is 8.42 Å². The van der Waals surface area contributed by atoms with Gasteiger partial charge in [-0.25, -0.2) is 13.1 Å². The van der Waals surface area contributed by atoms with Gasteiger partial charge in [0.25, 0.3) is 0 Å². The van der Waals surface area contributed by atoms with E-state index in [1.807, 2.05) is 49.4 Å². The molecule has 0 heterocycles. The summed E-state index contributed by atoms with van der Waals surface area (Å²) in [6, 6.07) is 10.5. The summed E-state index contributed by atoms with van der Waals surface area (Å²) in [7, 11) is -4.51. The van der Waals surface area contributed by atoms with Gasteiger partial charge < -0.3 is 0 Å². The van der Waals surface area contributed by atoms with Gasteiger partial charge in [0, 0.05) is 14.1 Å². The van der Waals surface area contributed by atoms with Gasteiger partial charge in [0.2, 0.25) is 10.0 Å². The molecular formula is C15H25NO2SSi. The van der Waals surface area contributed by atoms with E-state index in [2.05, 4.69) is 24.4 Å². The fourth-order valence-electron chi connectivity index (χ4n) is 1.64. The van der Waals surface area contributed by atoms with E-state index in [9.17, 15) is 8.42 Å². The van der Waals surface area contributed by atoms with Gasteiger partial charge in [-0.1, -0.05) is 62.1 Å². The van der Waals surface area contributed by atoms with Gasteiger partial charge >= 0.3 is 0 Å². The van der Waals surface area contributed by atoms with E-state index in [1.54, 1.807) is 0 Å². The third-order valence-corrected chi connectivity index (χ3v) is 6.45. The maximum atomic E-state index is 12.0. The van der Waals surface area contributed by atoms with Crippen LogP contribution in [0.4, 0.5) is 0 Å². The van der Waals surface area contributed by atoms with Crippen LogP contribution in [-0.2, 0) is 10.0 Å². The van der Waals surface area contributed by atoms with E-state index in [1.165, 1.54) is 0 Å². The van der Waals surface area contributed by atoms with Crippen LogP contribution in [0.5, 0.6) is 0 Å². The summed E-state index contributed by atoms with van der Waals surface area (Å²) in [4.78, 5) is 0. The van der Waals surface area contributed by atoms with Crippen LogP contribution in [0.1, 0.15) is 12.5 Å². The number of hydrogen-bond donors (Lipinski definition) is 1. The molecule has 1 aromatic carbocycles. The molecule has 112 valence electrons. The van der Waals surface area contributed by atoms with Crippen LogP contribution in [-0.4, -0.2) is 28.3 Å². The van der Waals surface area contributed by atoms with Crippen molar-refractivity contribution in [3.8, 4) is 0 Å². The van der Waals surface area contributed by atoms with Crippen molar-refractivity contribution in [1.82, 2.24) is 4.72 Å². The molecule has 0 saturated heterocycles. The minimum absolute atomic E-state index is 0.193. The quantitative estimate of drug-likeness (QED) is 0.785. The van der Waals surface area contributed by atoms with Gasteiger partial charge in [-0.2, -0.15) is 0 Å². The number of rotatable bonds is 7. The second kappa shape index (κ2) is 7.20. The van der Waals surface area contributed by atoms with Crippen LogP contribution in [0, 0.1) is 0 Å². The summed E-state index contributed by atoms with van der Waals surface area (Å²) in [6.45, 7) is 8.40. The van der Waals surface area contributed by atoms with Gasteiger partial charge in [0.05, 0.1) is 5.75 Å². The average Bonchev–Trinajstić information content (AvgIpc) is 2.34. The van der Waals surface area contributed by atoms with Crippen molar-refractivity contribution in [2.24, 2.45) is 0 Å². The molecule has 0 saturated carbocycles. The highest BCUT2D eigenvalue weighted by Crippen LogP contribution is 2.10. The van der Waals surface area contributed by atoms with Gasteiger partial charge in [-0.3, -0.25) is 0 Å². The first-order chi connectivity index (χ1) is 9.18. The Bertz CT molecular complexity index is 533. The number of benzene rings is 1. The lowest BCUT2D eigenvalue weighted by Gasteiger charge is -2.17. The van der Waals surface area contributed by atoms with E-state index in [-0.39, 0.29) is 11.8 Å². The standard InChI is InChI=1S/C15H25NO2SSi/c1-14(10-11-15-8-6-5-7-9-15)16-19(17,18)12-13-20(2,3)4/h5-11,14,16H,12-13H2,1-4H3/b11-10+. The molecule has 0 aliphatic heterocycles. The van der Waals surface area contributed by atoms with Crippen LogP contribution in [0.3, 0.4) is 0 Å². The molecule has 0 aliphatic rings. The predicted molar refractivity (Wildman–Crippen MR) is 90.0 cm³/mol. The van der Waals surface area contributed by atoms with Crippen molar-refractivity contribution in [1.29, 1.82) is 0 Å². The number of sulfonamides is 1. The van der Waals surface area contributed by atoms with Gasteiger partial charge in [-0.05, 0) is 18.5 Å². The van der Waals surface area contributed by atoms with Gasteiger partial charge in [0.15, 0.2) is 0 Å². The second-order valence-corrected chi connectivity index (χ2v) is 13.8. The smallest absolute Gasteiger partial charge is 0.211 e. The fourth-order valence-corrected chi connectivity index (χ4v) is 5.93. The number of nitrogens with one attached hydrogen (secondary N) is 1. The first-order valence-electron chi connectivity index (χ1n) is 6.91. The highest BCUT2D eigenvalue weighted by atomic mass is 32.2.